The molecule has 2 aromatic rings. The molecule has 118 valence electrons. The van der Waals surface area contributed by atoms with Gasteiger partial charge in [-0.05, 0) is 48.9 Å². The Hall–Kier alpha value is -2.43. The number of anilines is 1. The maximum absolute atomic E-state index is 12.8. The molecular weight excluding hydrogens is 290 g/mol. The molecule has 5 heteroatoms. The Labute approximate surface area is 135 Å². The fraction of sp³-hybridized carbons (Fsp3) is 0.389. The van der Waals surface area contributed by atoms with Crippen molar-refractivity contribution in [1.82, 2.24) is 9.97 Å². The average Bonchev–Trinajstić information content (AvgIpc) is 3.33. The van der Waals surface area contributed by atoms with Crippen LogP contribution < -0.4 is 10.1 Å². The standard InChI is InChI=1S/C18H19N3O2/c1-23-13-6-4-11-5-7-14(15(11)10-13)18(22)21-17-16(12-2-3-12)19-8-9-20-17/h4,6,8-10,12,14H,2-3,5,7H2,1H3,(H,20,21,22). The Kier molecular flexibility index (Phi) is 3.48. The highest BCUT2D eigenvalue weighted by Gasteiger charge is 2.32. The van der Waals surface area contributed by atoms with Gasteiger partial charge in [0, 0.05) is 18.3 Å². The molecule has 2 aliphatic rings. The number of ether oxygens (including phenoxy) is 1. The summed E-state index contributed by atoms with van der Waals surface area (Å²) in [5.41, 5.74) is 3.22. The van der Waals surface area contributed by atoms with Gasteiger partial charge in [0.15, 0.2) is 5.82 Å². The van der Waals surface area contributed by atoms with Gasteiger partial charge < -0.3 is 10.1 Å². The van der Waals surface area contributed by atoms with E-state index in [-0.39, 0.29) is 11.8 Å². The first kappa shape index (κ1) is 14.2. The summed E-state index contributed by atoms with van der Waals surface area (Å²) in [4.78, 5) is 21.5. The molecule has 2 aliphatic carbocycles. The second-order valence-corrected chi connectivity index (χ2v) is 6.21. The van der Waals surface area contributed by atoms with Gasteiger partial charge in [-0.3, -0.25) is 9.78 Å². The zero-order valence-electron chi connectivity index (χ0n) is 13.1. The summed E-state index contributed by atoms with van der Waals surface area (Å²) >= 11 is 0. The van der Waals surface area contributed by atoms with Gasteiger partial charge in [0.2, 0.25) is 5.91 Å². The Balaban J connectivity index is 1.58. The first-order valence-electron chi connectivity index (χ1n) is 8.05. The van der Waals surface area contributed by atoms with Crippen molar-refractivity contribution >= 4 is 11.7 Å². The number of nitrogens with one attached hydrogen (secondary N) is 1. The van der Waals surface area contributed by atoms with Crippen LogP contribution in [0.15, 0.2) is 30.6 Å². The molecule has 0 aliphatic heterocycles. The summed E-state index contributed by atoms with van der Waals surface area (Å²) in [6.45, 7) is 0. The summed E-state index contributed by atoms with van der Waals surface area (Å²) < 4.78 is 5.29. The largest absolute Gasteiger partial charge is 0.497 e. The average molecular weight is 309 g/mol. The van der Waals surface area contributed by atoms with Crippen molar-refractivity contribution in [2.45, 2.75) is 37.5 Å². The molecule has 1 heterocycles. The second kappa shape index (κ2) is 5.65. The monoisotopic (exact) mass is 309 g/mol. The third-order valence-electron chi connectivity index (χ3n) is 4.68. The number of carbonyl (C=O) groups is 1. The Bertz CT molecular complexity index is 756. The Morgan fingerprint density at radius 2 is 2.04 bits per heavy atom. The molecule has 0 spiro atoms. The van der Waals surface area contributed by atoms with Crippen molar-refractivity contribution in [1.29, 1.82) is 0 Å². The molecule has 1 aromatic carbocycles. The molecule has 0 saturated heterocycles. The lowest BCUT2D eigenvalue weighted by molar-refractivity contribution is -0.117. The van der Waals surface area contributed by atoms with E-state index >= 15 is 0 Å². The van der Waals surface area contributed by atoms with Gasteiger partial charge >= 0.3 is 0 Å². The van der Waals surface area contributed by atoms with Gasteiger partial charge in [-0.25, -0.2) is 4.98 Å². The molecule has 4 rings (SSSR count). The van der Waals surface area contributed by atoms with E-state index in [0.717, 1.165) is 42.7 Å². The summed E-state index contributed by atoms with van der Waals surface area (Å²) in [7, 11) is 1.65. The molecule has 1 saturated carbocycles. The Morgan fingerprint density at radius 1 is 1.22 bits per heavy atom. The van der Waals surface area contributed by atoms with Crippen LogP contribution in [-0.2, 0) is 11.2 Å². The molecular formula is C18H19N3O2. The number of aryl methyl sites for hydroxylation is 1. The van der Waals surface area contributed by atoms with Crippen molar-refractivity contribution in [3.63, 3.8) is 0 Å². The van der Waals surface area contributed by atoms with Gasteiger partial charge in [-0.15, -0.1) is 0 Å². The van der Waals surface area contributed by atoms with Crippen molar-refractivity contribution in [2.24, 2.45) is 0 Å². The number of hydrogen-bond acceptors (Lipinski definition) is 4. The smallest absolute Gasteiger partial charge is 0.233 e. The molecule has 1 atom stereocenters. The highest BCUT2D eigenvalue weighted by atomic mass is 16.5. The van der Waals surface area contributed by atoms with E-state index in [2.05, 4.69) is 21.4 Å². The number of hydrogen-bond donors (Lipinski definition) is 1. The van der Waals surface area contributed by atoms with E-state index < -0.39 is 0 Å². The summed E-state index contributed by atoms with van der Waals surface area (Å²) in [5.74, 6) is 1.72. The van der Waals surface area contributed by atoms with Crippen molar-refractivity contribution < 1.29 is 9.53 Å². The molecule has 0 bridgehead atoms. The zero-order chi connectivity index (χ0) is 15.8. The highest BCUT2D eigenvalue weighted by molar-refractivity contribution is 5.96. The van der Waals surface area contributed by atoms with Gasteiger partial charge in [0.05, 0.1) is 18.7 Å². The van der Waals surface area contributed by atoms with Crippen LogP contribution >= 0.6 is 0 Å². The van der Waals surface area contributed by atoms with Gasteiger partial charge in [0.25, 0.3) is 0 Å². The number of fused-ring (bicyclic) bond motifs is 1. The number of methoxy groups -OCH3 is 1. The fourth-order valence-corrected chi connectivity index (χ4v) is 3.28. The molecule has 23 heavy (non-hydrogen) atoms. The number of benzene rings is 1. The zero-order valence-corrected chi connectivity index (χ0v) is 13.1. The van der Waals surface area contributed by atoms with Crippen LogP contribution in [0.3, 0.4) is 0 Å². The number of rotatable bonds is 4. The fourth-order valence-electron chi connectivity index (χ4n) is 3.28. The first-order chi connectivity index (χ1) is 11.3. The maximum Gasteiger partial charge on any atom is 0.233 e. The van der Waals surface area contributed by atoms with Crippen LogP contribution in [0.2, 0.25) is 0 Å². The van der Waals surface area contributed by atoms with E-state index in [1.165, 1.54) is 5.56 Å². The van der Waals surface area contributed by atoms with E-state index in [1.54, 1.807) is 19.5 Å². The van der Waals surface area contributed by atoms with Crippen LogP contribution in [0.5, 0.6) is 5.75 Å². The minimum Gasteiger partial charge on any atom is -0.497 e. The molecule has 1 unspecified atom stereocenters. The van der Waals surface area contributed by atoms with E-state index in [0.29, 0.717) is 11.7 Å². The quantitative estimate of drug-likeness (QED) is 0.943. The second-order valence-electron chi connectivity index (χ2n) is 6.21. The lowest BCUT2D eigenvalue weighted by atomic mass is 10.00. The predicted molar refractivity (Wildman–Crippen MR) is 86.7 cm³/mol. The normalized spacial score (nSPS) is 19.3. The molecule has 5 nitrogen and oxygen atoms in total. The van der Waals surface area contributed by atoms with Crippen molar-refractivity contribution in [2.75, 3.05) is 12.4 Å². The molecule has 1 fully saturated rings. The molecule has 1 N–H and O–H groups in total. The minimum absolute atomic E-state index is 0.000553. The third-order valence-corrected chi connectivity index (χ3v) is 4.68. The number of amides is 1. The summed E-state index contributed by atoms with van der Waals surface area (Å²) in [6.07, 6.45) is 7.34. The first-order valence-corrected chi connectivity index (χ1v) is 8.05. The molecule has 1 amide bonds. The van der Waals surface area contributed by atoms with Crippen LogP contribution in [0.1, 0.15) is 47.9 Å². The van der Waals surface area contributed by atoms with Gasteiger partial charge in [-0.2, -0.15) is 0 Å². The summed E-state index contributed by atoms with van der Waals surface area (Å²) in [5, 5.41) is 3.00. The van der Waals surface area contributed by atoms with E-state index in [4.69, 9.17) is 4.74 Å². The number of carbonyl (C=O) groups excluding carboxylic acids is 1. The highest BCUT2D eigenvalue weighted by Crippen LogP contribution is 2.42. The molecule has 0 radical (unpaired) electrons. The van der Waals surface area contributed by atoms with Gasteiger partial charge in [-0.1, -0.05) is 6.07 Å². The van der Waals surface area contributed by atoms with Crippen LogP contribution in [0.25, 0.3) is 0 Å². The lowest BCUT2D eigenvalue weighted by Crippen LogP contribution is -2.21. The SMILES string of the molecule is COc1ccc2c(c1)C(C(=O)Nc1nccnc1C1CC1)CC2. The minimum atomic E-state index is -0.144. The number of nitrogens with zero attached hydrogens (tertiary/aromatic N) is 2. The van der Waals surface area contributed by atoms with E-state index in [1.807, 2.05) is 12.1 Å². The van der Waals surface area contributed by atoms with E-state index in [9.17, 15) is 4.79 Å². The topological polar surface area (TPSA) is 64.1 Å². The van der Waals surface area contributed by atoms with Crippen molar-refractivity contribution in [3.05, 3.63) is 47.4 Å². The van der Waals surface area contributed by atoms with Crippen molar-refractivity contribution in [3.8, 4) is 5.75 Å². The summed E-state index contributed by atoms with van der Waals surface area (Å²) in [6, 6.07) is 5.98. The number of aromatic nitrogens is 2. The van der Waals surface area contributed by atoms with Crippen LogP contribution in [-0.4, -0.2) is 23.0 Å². The maximum atomic E-state index is 12.8. The van der Waals surface area contributed by atoms with Crippen LogP contribution in [0, 0.1) is 0 Å². The Morgan fingerprint density at radius 3 is 2.83 bits per heavy atom. The van der Waals surface area contributed by atoms with Crippen LogP contribution in [0.4, 0.5) is 5.82 Å². The third kappa shape index (κ3) is 2.67. The van der Waals surface area contributed by atoms with Gasteiger partial charge in [0.1, 0.15) is 5.75 Å². The lowest BCUT2D eigenvalue weighted by Gasteiger charge is -2.14. The predicted octanol–water partition coefficient (Wildman–Crippen LogP) is 3.03. The molecule has 1 aromatic heterocycles.